The average molecular weight is 285 g/mol. The van der Waals surface area contributed by atoms with Gasteiger partial charge in [0.2, 0.25) is 0 Å². The van der Waals surface area contributed by atoms with Gasteiger partial charge in [-0.15, -0.1) is 0 Å². The molecule has 2 aromatic carbocycles. The van der Waals surface area contributed by atoms with Crippen LogP contribution < -0.4 is 5.32 Å². The molecule has 3 nitrogen and oxygen atoms in total. The summed E-state index contributed by atoms with van der Waals surface area (Å²) >= 11 is 0. The summed E-state index contributed by atoms with van der Waals surface area (Å²) in [5, 5.41) is 13.7. The van der Waals surface area contributed by atoms with Crippen LogP contribution in [0.1, 0.15) is 30.3 Å². The van der Waals surface area contributed by atoms with E-state index < -0.39 is 6.10 Å². The molecule has 3 heteroatoms. The van der Waals surface area contributed by atoms with E-state index in [2.05, 4.69) is 5.32 Å². The maximum absolute atomic E-state index is 10.3. The monoisotopic (exact) mass is 285 g/mol. The molecule has 0 aromatic heterocycles. The van der Waals surface area contributed by atoms with Gasteiger partial charge in [0.05, 0.1) is 12.2 Å². The third kappa shape index (κ3) is 4.39. The lowest BCUT2D eigenvalue weighted by molar-refractivity contribution is 0.0841. The van der Waals surface area contributed by atoms with Crippen molar-refractivity contribution in [1.82, 2.24) is 5.32 Å². The molecular formula is C18H23NO2. The van der Waals surface area contributed by atoms with E-state index in [4.69, 9.17) is 4.74 Å². The molecule has 0 bridgehead atoms. The Morgan fingerprint density at radius 2 is 1.48 bits per heavy atom. The van der Waals surface area contributed by atoms with Gasteiger partial charge in [-0.3, -0.25) is 0 Å². The molecule has 3 atom stereocenters. The minimum absolute atomic E-state index is 0.0170. The number of hydrogen-bond acceptors (Lipinski definition) is 3. The molecule has 21 heavy (non-hydrogen) atoms. The van der Waals surface area contributed by atoms with Crippen LogP contribution in [-0.2, 0) is 4.74 Å². The van der Waals surface area contributed by atoms with E-state index >= 15 is 0 Å². The quantitative estimate of drug-likeness (QED) is 0.821. The number of hydrogen-bond donors (Lipinski definition) is 2. The van der Waals surface area contributed by atoms with Gasteiger partial charge in [0.25, 0.3) is 0 Å². The number of rotatable bonds is 7. The van der Waals surface area contributed by atoms with Crippen molar-refractivity contribution in [2.24, 2.45) is 0 Å². The van der Waals surface area contributed by atoms with Crippen molar-refractivity contribution in [3.63, 3.8) is 0 Å². The second kappa shape index (κ2) is 7.93. The summed E-state index contributed by atoms with van der Waals surface area (Å²) in [6.45, 7) is 2.64. The van der Waals surface area contributed by atoms with E-state index in [0.29, 0.717) is 6.54 Å². The van der Waals surface area contributed by atoms with Crippen LogP contribution in [0.2, 0.25) is 0 Å². The topological polar surface area (TPSA) is 41.5 Å². The standard InChI is InChI=1S/C18H23NO2/c1-14(18(20)16-11-7-4-8-12-16)19-13-17(21-2)15-9-5-3-6-10-15/h3-12,14,17-20H,13H2,1-2H3. The molecule has 0 fully saturated rings. The molecule has 2 rings (SSSR count). The second-order valence-corrected chi connectivity index (χ2v) is 5.19. The Kier molecular flexibility index (Phi) is 5.93. The summed E-state index contributed by atoms with van der Waals surface area (Å²) in [4.78, 5) is 0. The molecule has 0 saturated heterocycles. The van der Waals surface area contributed by atoms with E-state index in [9.17, 15) is 5.11 Å². The Balaban J connectivity index is 1.92. The molecular weight excluding hydrogens is 262 g/mol. The first-order valence-electron chi connectivity index (χ1n) is 7.26. The summed E-state index contributed by atoms with van der Waals surface area (Å²) in [5.74, 6) is 0. The highest BCUT2D eigenvalue weighted by Crippen LogP contribution is 2.19. The molecule has 2 aromatic rings. The van der Waals surface area contributed by atoms with Gasteiger partial charge in [0.15, 0.2) is 0 Å². The smallest absolute Gasteiger partial charge is 0.0945 e. The predicted octanol–water partition coefficient (Wildman–Crippen LogP) is 3.09. The van der Waals surface area contributed by atoms with Crippen LogP contribution in [0.5, 0.6) is 0 Å². The zero-order valence-electron chi connectivity index (χ0n) is 12.6. The lowest BCUT2D eigenvalue weighted by Crippen LogP contribution is -2.35. The van der Waals surface area contributed by atoms with E-state index in [1.54, 1.807) is 7.11 Å². The molecule has 0 spiro atoms. The zero-order valence-corrected chi connectivity index (χ0v) is 12.6. The normalized spacial score (nSPS) is 15.4. The maximum Gasteiger partial charge on any atom is 0.0945 e. The summed E-state index contributed by atoms with van der Waals surface area (Å²) in [7, 11) is 1.71. The molecule has 112 valence electrons. The molecule has 0 aliphatic rings. The van der Waals surface area contributed by atoms with Crippen LogP contribution in [0, 0.1) is 0 Å². The third-order valence-corrected chi connectivity index (χ3v) is 3.70. The van der Waals surface area contributed by atoms with Crippen molar-refractivity contribution in [2.75, 3.05) is 13.7 Å². The average Bonchev–Trinajstić information content (AvgIpc) is 2.56. The summed E-state index contributed by atoms with van der Waals surface area (Å²) in [6.07, 6.45) is -0.545. The van der Waals surface area contributed by atoms with Gasteiger partial charge in [-0.1, -0.05) is 60.7 Å². The van der Waals surface area contributed by atoms with Crippen LogP contribution in [0.4, 0.5) is 0 Å². The van der Waals surface area contributed by atoms with Crippen molar-refractivity contribution >= 4 is 0 Å². The Morgan fingerprint density at radius 3 is 2.00 bits per heavy atom. The van der Waals surface area contributed by atoms with Gasteiger partial charge in [0.1, 0.15) is 0 Å². The molecule has 0 radical (unpaired) electrons. The van der Waals surface area contributed by atoms with Crippen molar-refractivity contribution in [2.45, 2.75) is 25.2 Å². The van der Waals surface area contributed by atoms with Crippen molar-refractivity contribution < 1.29 is 9.84 Å². The first-order chi connectivity index (χ1) is 10.2. The van der Waals surface area contributed by atoms with Gasteiger partial charge >= 0.3 is 0 Å². The fourth-order valence-electron chi connectivity index (χ4n) is 2.35. The van der Waals surface area contributed by atoms with E-state index in [0.717, 1.165) is 11.1 Å². The van der Waals surface area contributed by atoms with E-state index in [-0.39, 0.29) is 12.1 Å². The number of aliphatic hydroxyl groups is 1. The maximum atomic E-state index is 10.3. The molecule has 0 amide bonds. The number of ether oxygens (including phenoxy) is 1. The van der Waals surface area contributed by atoms with Crippen LogP contribution >= 0.6 is 0 Å². The highest BCUT2D eigenvalue weighted by molar-refractivity contribution is 5.19. The van der Waals surface area contributed by atoms with Gasteiger partial charge in [0, 0.05) is 19.7 Å². The predicted molar refractivity (Wildman–Crippen MR) is 85.1 cm³/mol. The van der Waals surface area contributed by atoms with Gasteiger partial charge in [-0.25, -0.2) is 0 Å². The number of aliphatic hydroxyl groups excluding tert-OH is 1. The number of benzene rings is 2. The molecule has 0 aliphatic carbocycles. The number of nitrogens with one attached hydrogen (secondary N) is 1. The summed E-state index contributed by atoms with van der Waals surface area (Å²) in [6, 6.07) is 19.8. The fraction of sp³-hybridized carbons (Fsp3) is 0.333. The van der Waals surface area contributed by atoms with E-state index in [1.165, 1.54) is 0 Å². The Morgan fingerprint density at radius 1 is 0.952 bits per heavy atom. The Labute approximate surface area is 126 Å². The van der Waals surface area contributed by atoms with Crippen LogP contribution in [0.15, 0.2) is 60.7 Å². The highest BCUT2D eigenvalue weighted by atomic mass is 16.5. The fourth-order valence-corrected chi connectivity index (χ4v) is 2.35. The minimum Gasteiger partial charge on any atom is -0.387 e. The van der Waals surface area contributed by atoms with E-state index in [1.807, 2.05) is 67.6 Å². The van der Waals surface area contributed by atoms with Gasteiger partial charge in [-0.2, -0.15) is 0 Å². The Hall–Kier alpha value is -1.68. The Bertz CT molecular complexity index is 515. The molecule has 0 saturated carbocycles. The largest absolute Gasteiger partial charge is 0.387 e. The molecule has 0 heterocycles. The molecule has 3 unspecified atom stereocenters. The third-order valence-electron chi connectivity index (χ3n) is 3.70. The number of methoxy groups -OCH3 is 1. The summed E-state index contributed by atoms with van der Waals surface area (Å²) < 4.78 is 5.53. The molecule has 2 N–H and O–H groups in total. The van der Waals surface area contributed by atoms with Gasteiger partial charge < -0.3 is 15.2 Å². The first-order valence-corrected chi connectivity index (χ1v) is 7.26. The minimum atomic E-state index is -0.528. The zero-order chi connectivity index (χ0) is 15.1. The highest BCUT2D eigenvalue weighted by Gasteiger charge is 2.18. The van der Waals surface area contributed by atoms with Crippen LogP contribution in [0.25, 0.3) is 0 Å². The van der Waals surface area contributed by atoms with Crippen molar-refractivity contribution in [3.05, 3.63) is 71.8 Å². The first kappa shape index (κ1) is 15.7. The summed E-state index contributed by atoms with van der Waals surface area (Å²) in [5.41, 5.74) is 2.06. The van der Waals surface area contributed by atoms with Crippen LogP contribution in [-0.4, -0.2) is 24.8 Å². The lowest BCUT2D eigenvalue weighted by atomic mass is 10.0. The van der Waals surface area contributed by atoms with Gasteiger partial charge in [-0.05, 0) is 18.1 Å². The molecule has 0 aliphatic heterocycles. The van der Waals surface area contributed by atoms with Crippen molar-refractivity contribution in [1.29, 1.82) is 0 Å². The van der Waals surface area contributed by atoms with Crippen LogP contribution in [0.3, 0.4) is 0 Å². The lowest BCUT2D eigenvalue weighted by Gasteiger charge is -2.24. The second-order valence-electron chi connectivity index (χ2n) is 5.19. The van der Waals surface area contributed by atoms with Crippen molar-refractivity contribution in [3.8, 4) is 0 Å². The SMILES string of the molecule is COC(CNC(C)C(O)c1ccccc1)c1ccccc1.